The Kier molecular flexibility index (Phi) is 11.3. The largest absolute Gasteiger partial charge is 0.466 e. The van der Waals surface area contributed by atoms with Crippen LogP contribution in [0.4, 0.5) is 4.39 Å². The molecule has 0 spiro atoms. The summed E-state index contributed by atoms with van der Waals surface area (Å²) in [6.45, 7) is 7.56. The minimum Gasteiger partial charge on any atom is -0.466 e. The van der Waals surface area contributed by atoms with Crippen molar-refractivity contribution in [1.29, 1.82) is 0 Å². The second-order valence-corrected chi connectivity index (χ2v) is 9.96. The lowest BCUT2D eigenvalue weighted by Gasteiger charge is -2.29. The molecule has 0 fully saturated rings. The monoisotopic (exact) mass is 535 g/mol. The number of benzene rings is 2. The number of amides is 2. The summed E-state index contributed by atoms with van der Waals surface area (Å²) in [5.74, 6) is -0.981. The molecule has 0 bridgehead atoms. The van der Waals surface area contributed by atoms with Crippen LogP contribution in [-0.4, -0.2) is 51.8 Å². The molecule has 1 aromatic heterocycles. The molecular formula is C31H38FN3O4. The molecule has 0 aliphatic rings. The van der Waals surface area contributed by atoms with Crippen LogP contribution in [0.2, 0.25) is 0 Å². The van der Waals surface area contributed by atoms with E-state index in [0.29, 0.717) is 26.2 Å². The van der Waals surface area contributed by atoms with Gasteiger partial charge in [-0.1, -0.05) is 56.3 Å². The van der Waals surface area contributed by atoms with Crippen LogP contribution in [0.1, 0.15) is 50.4 Å². The Bertz CT molecular complexity index is 1210. The highest BCUT2D eigenvalue weighted by Crippen LogP contribution is 2.15. The van der Waals surface area contributed by atoms with Crippen molar-refractivity contribution >= 4 is 17.8 Å². The van der Waals surface area contributed by atoms with Gasteiger partial charge in [0.15, 0.2) is 0 Å². The van der Waals surface area contributed by atoms with Gasteiger partial charge in [-0.25, -0.2) is 4.39 Å². The number of hydrogen-bond donors (Lipinski definition) is 0. The Morgan fingerprint density at radius 1 is 0.846 bits per heavy atom. The molecule has 8 heteroatoms. The van der Waals surface area contributed by atoms with Crippen molar-refractivity contribution in [1.82, 2.24) is 14.4 Å². The first-order valence-corrected chi connectivity index (χ1v) is 13.4. The maximum Gasteiger partial charge on any atom is 0.306 e. The second-order valence-electron chi connectivity index (χ2n) is 9.96. The third-order valence-electron chi connectivity index (χ3n) is 6.22. The highest BCUT2D eigenvalue weighted by atomic mass is 19.1. The Morgan fingerprint density at radius 3 is 2.23 bits per heavy atom. The predicted octanol–water partition coefficient (Wildman–Crippen LogP) is 5.03. The highest BCUT2D eigenvalue weighted by molar-refractivity contribution is 5.86. The molecular weight excluding hydrogens is 497 g/mol. The van der Waals surface area contributed by atoms with E-state index < -0.39 is 5.97 Å². The van der Waals surface area contributed by atoms with Gasteiger partial charge in [0.25, 0.3) is 0 Å². The maximum absolute atomic E-state index is 13.7. The summed E-state index contributed by atoms with van der Waals surface area (Å²) in [7, 11) is 0. The van der Waals surface area contributed by atoms with E-state index in [0.717, 1.165) is 16.8 Å². The summed E-state index contributed by atoms with van der Waals surface area (Å²) in [5.41, 5.74) is 2.85. The summed E-state index contributed by atoms with van der Waals surface area (Å²) in [6.07, 6.45) is 1.92. The molecule has 2 aromatic carbocycles. The van der Waals surface area contributed by atoms with Gasteiger partial charge in [-0.05, 0) is 48.2 Å². The first kappa shape index (κ1) is 29.6. The lowest BCUT2D eigenvalue weighted by atomic mass is 10.1. The van der Waals surface area contributed by atoms with Crippen molar-refractivity contribution in [2.24, 2.45) is 5.92 Å². The third kappa shape index (κ3) is 9.71. The average Bonchev–Trinajstić information content (AvgIpc) is 3.34. The van der Waals surface area contributed by atoms with Crippen LogP contribution in [0.5, 0.6) is 0 Å². The van der Waals surface area contributed by atoms with E-state index in [1.807, 2.05) is 67.1 Å². The van der Waals surface area contributed by atoms with E-state index in [9.17, 15) is 18.8 Å². The van der Waals surface area contributed by atoms with Gasteiger partial charge in [0, 0.05) is 37.9 Å². The number of carbonyl (C=O) groups is 3. The van der Waals surface area contributed by atoms with E-state index in [1.54, 1.807) is 28.9 Å². The topological polar surface area (TPSA) is 71.8 Å². The Balaban J connectivity index is 1.78. The van der Waals surface area contributed by atoms with Crippen molar-refractivity contribution < 1.29 is 23.5 Å². The lowest BCUT2D eigenvalue weighted by molar-refractivity contribution is -0.146. The van der Waals surface area contributed by atoms with Crippen LogP contribution in [0.25, 0.3) is 0 Å². The predicted molar refractivity (Wildman–Crippen MR) is 148 cm³/mol. The van der Waals surface area contributed by atoms with Gasteiger partial charge in [0.1, 0.15) is 5.82 Å². The molecule has 1 heterocycles. The molecule has 3 aromatic rings. The minimum atomic E-state index is -0.422. The van der Waals surface area contributed by atoms with Gasteiger partial charge in [-0.3, -0.25) is 14.4 Å². The molecule has 0 saturated carbocycles. The summed E-state index contributed by atoms with van der Waals surface area (Å²) in [5, 5.41) is 0. The second kappa shape index (κ2) is 14.9. The maximum atomic E-state index is 13.7. The van der Waals surface area contributed by atoms with Gasteiger partial charge in [0.2, 0.25) is 11.8 Å². The van der Waals surface area contributed by atoms with Crippen molar-refractivity contribution in [2.75, 3.05) is 19.7 Å². The average molecular weight is 536 g/mol. The van der Waals surface area contributed by atoms with Crippen LogP contribution in [0.15, 0.2) is 72.9 Å². The zero-order valence-electron chi connectivity index (χ0n) is 23.0. The van der Waals surface area contributed by atoms with Crippen molar-refractivity contribution in [3.8, 4) is 0 Å². The molecule has 3 rings (SSSR count). The zero-order valence-corrected chi connectivity index (χ0v) is 23.0. The SMILES string of the molecule is CCOC(=O)CCC(=O)N(CC(=O)N(Cc1ccccc1)Cc1cccn1Cc1ccc(F)cc1)CC(C)C. The number of esters is 1. The smallest absolute Gasteiger partial charge is 0.306 e. The van der Waals surface area contributed by atoms with Crippen LogP contribution in [-0.2, 0) is 38.8 Å². The van der Waals surface area contributed by atoms with Gasteiger partial charge >= 0.3 is 5.97 Å². The molecule has 39 heavy (non-hydrogen) atoms. The molecule has 2 amide bonds. The number of rotatable bonds is 14. The molecule has 0 radical (unpaired) electrons. The Morgan fingerprint density at radius 2 is 1.56 bits per heavy atom. The van der Waals surface area contributed by atoms with E-state index in [4.69, 9.17) is 4.74 Å². The normalized spacial score (nSPS) is 10.9. The zero-order chi connectivity index (χ0) is 28.2. The van der Waals surface area contributed by atoms with E-state index in [-0.39, 0.29) is 49.5 Å². The molecule has 0 N–H and O–H groups in total. The fourth-order valence-electron chi connectivity index (χ4n) is 4.32. The van der Waals surface area contributed by atoms with Gasteiger partial charge < -0.3 is 19.1 Å². The molecule has 0 unspecified atom stereocenters. The number of nitrogens with zero attached hydrogens (tertiary/aromatic N) is 3. The Labute approximate surface area is 230 Å². The first-order valence-electron chi connectivity index (χ1n) is 13.4. The molecule has 0 atom stereocenters. The van der Waals surface area contributed by atoms with E-state index in [1.165, 1.54) is 12.1 Å². The van der Waals surface area contributed by atoms with E-state index >= 15 is 0 Å². The minimum absolute atomic E-state index is 0.00195. The first-order chi connectivity index (χ1) is 18.7. The molecule has 208 valence electrons. The Hall–Kier alpha value is -3.94. The fraction of sp³-hybridized carbons (Fsp3) is 0.387. The van der Waals surface area contributed by atoms with Crippen LogP contribution < -0.4 is 0 Å². The quantitative estimate of drug-likeness (QED) is 0.272. The van der Waals surface area contributed by atoms with Crippen LogP contribution in [0, 0.1) is 11.7 Å². The number of hydrogen-bond acceptors (Lipinski definition) is 4. The summed E-state index contributed by atoms with van der Waals surface area (Å²) in [4.78, 5) is 41.8. The molecule has 7 nitrogen and oxygen atoms in total. The number of carbonyl (C=O) groups excluding carboxylic acids is 3. The van der Waals surface area contributed by atoms with Crippen molar-refractivity contribution in [3.05, 3.63) is 95.6 Å². The molecule has 0 aliphatic heterocycles. The third-order valence-corrected chi connectivity index (χ3v) is 6.22. The number of ether oxygens (including phenoxy) is 1. The lowest BCUT2D eigenvalue weighted by Crippen LogP contribution is -2.44. The fourth-order valence-corrected chi connectivity index (χ4v) is 4.32. The highest BCUT2D eigenvalue weighted by Gasteiger charge is 2.24. The van der Waals surface area contributed by atoms with Gasteiger partial charge in [0.05, 0.1) is 26.1 Å². The summed E-state index contributed by atoms with van der Waals surface area (Å²) in [6, 6.07) is 20.0. The molecule has 0 saturated heterocycles. The number of halogens is 1. The van der Waals surface area contributed by atoms with Gasteiger partial charge in [-0.15, -0.1) is 0 Å². The van der Waals surface area contributed by atoms with Crippen LogP contribution >= 0.6 is 0 Å². The van der Waals surface area contributed by atoms with Gasteiger partial charge in [-0.2, -0.15) is 0 Å². The van der Waals surface area contributed by atoms with Crippen molar-refractivity contribution in [3.63, 3.8) is 0 Å². The number of aromatic nitrogens is 1. The standard InChI is InChI=1S/C31H38FN3O4/c1-4-39-31(38)17-16-29(36)34(19-24(2)3)23-30(37)35(21-25-9-6-5-7-10-25)22-28-11-8-18-33(28)20-26-12-14-27(32)15-13-26/h5-15,18,24H,4,16-17,19-23H2,1-3H3. The molecule has 0 aliphatic carbocycles. The summed E-state index contributed by atoms with van der Waals surface area (Å²) >= 11 is 0. The van der Waals surface area contributed by atoms with Crippen LogP contribution in [0.3, 0.4) is 0 Å². The van der Waals surface area contributed by atoms with E-state index in [2.05, 4.69) is 0 Å². The summed E-state index contributed by atoms with van der Waals surface area (Å²) < 4.78 is 20.4. The van der Waals surface area contributed by atoms with Crippen molar-refractivity contribution in [2.45, 2.75) is 53.2 Å².